The molecular formula is C17H28O4. The first-order valence-corrected chi connectivity index (χ1v) is 8.60. The number of ether oxygens (including phenoxy) is 3. The van der Waals surface area contributed by atoms with Crippen LogP contribution in [0, 0.1) is 5.92 Å². The molecule has 21 heavy (non-hydrogen) atoms. The molecule has 1 aliphatic carbocycles. The first kappa shape index (κ1) is 15.4. The average molecular weight is 296 g/mol. The number of hydrogen-bond acceptors (Lipinski definition) is 4. The van der Waals surface area contributed by atoms with Gasteiger partial charge in [-0.15, -0.1) is 0 Å². The van der Waals surface area contributed by atoms with Gasteiger partial charge in [-0.05, 0) is 32.6 Å². The van der Waals surface area contributed by atoms with Crippen molar-refractivity contribution in [1.29, 1.82) is 0 Å². The molecule has 3 fully saturated rings. The van der Waals surface area contributed by atoms with Crippen molar-refractivity contribution in [1.82, 2.24) is 0 Å². The summed E-state index contributed by atoms with van der Waals surface area (Å²) in [4.78, 5) is 13.2. The second-order valence-electron chi connectivity index (χ2n) is 6.83. The van der Waals surface area contributed by atoms with E-state index in [4.69, 9.17) is 14.2 Å². The lowest BCUT2D eigenvalue weighted by Crippen LogP contribution is -2.52. The van der Waals surface area contributed by atoms with Crippen LogP contribution < -0.4 is 0 Å². The lowest BCUT2D eigenvalue weighted by Gasteiger charge is -2.43. The zero-order chi connectivity index (χ0) is 14.8. The van der Waals surface area contributed by atoms with Gasteiger partial charge < -0.3 is 14.2 Å². The molecule has 4 nitrogen and oxygen atoms in total. The SMILES string of the molecule is CCOC1(C(=O)C2CCOC3(CCCC3)C2)CCOCC1. The molecule has 0 radical (unpaired) electrons. The van der Waals surface area contributed by atoms with E-state index in [2.05, 4.69) is 0 Å². The van der Waals surface area contributed by atoms with Crippen LogP contribution in [0.2, 0.25) is 0 Å². The summed E-state index contributed by atoms with van der Waals surface area (Å²) in [5.41, 5.74) is -0.591. The minimum absolute atomic E-state index is 0.00283. The second kappa shape index (κ2) is 6.35. The molecule has 4 heteroatoms. The smallest absolute Gasteiger partial charge is 0.168 e. The van der Waals surface area contributed by atoms with Crippen molar-refractivity contribution < 1.29 is 19.0 Å². The van der Waals surface area contributed by atoms with Crippen molar-refractivity contribution in [3.8, 4) is 0 Å². The molecule has 2 aliphatic heterocycles. The van der Waals surface area contributed by atoms with E-state index >= 15 is 0 Å². The number of ketones is 1. The molecule has 2 saturated heterocycles. The van der Waals surface area contributed by atoms with Crippen LogP contribution in [0.15, 0.2) is 0 Å². The third kappa shape index (κ3) is 3.03. The van der Waals surface area contributed by atoms with Gasteiger partial charge in [-0.2, -0.15) is 0 Å². The Kier molecular flexibility index (Phi) is 4.67. The average Bonchev–Trinajstić information content (AvgIpc) is 2.95. The van der Waals surface area contributed by atoms with Crippen LogP contribution in [0.25, 0.3) is 0 Å². The topological polar surface area (TPSA) is 44.8 Å². The van der Waals surface area contributed by atoms with Gasteiger partial charge in [-0.25, -0.2) is 0 Å². The number of carbonyl (C=O) groups excluding carboxylic acids is 1. The second-order valence-corrected chi connectivity index (χ2v) is 6.83. The van der Waals surface area contributed by atoms with Gasteiger partial charge in [0.15, 0.2) is 5.78 Å². The molecule has 120 valence electrons. The van der Waals surface area contributed by atoms with E-state index in [1.54, 1.807) is 0 Å². The van der Waals surface area contributed by atoms with Gasteiger partial charge in [0.1, 0.15) is 5.60 Å². The Bertz CT molecular complexity index is 361. The molecule has 0 bridgehead atoms. The quantitative estimate of drug-likeness (QED) is 0.800. The Morgan fingerprint density at radius 3 is 2.52 bits per heavy atom. The molecule has 0 aromatic rings. The third-order valence-corrected chi connectivity index (χ3v) is 5.55. The van der Waals surface area contributed by atoms with Crippen LogP contribution in [0.4, 0.5) is 0 Å². The summed E-state index contributed by atoms with van der Waals surface area (Å²) in [6.07, 6.45) is 7.92. The van der Waals surface area contributed by atoms with Crippen LogP contribution in [0.5, 0.6) is 0 Å². The summed E-state index contributed by atoms with van der Waals surface area (Å²) in [5, 5.41) is 0. The fraction of sp³-hybridized carbons (Fsp3) is 0.941. The molecule has 1 unspecified atom stereocenters. The normalized spacial score (nSPS) is 31.4. The Balaban J connectivity index is 1.72. The summed E-state index contributed by atoms with van der Waals surface area (Å²) in [6, 6.07) is 0. The van der Waals surface area contributed by atoms with Crippen molar-refractivity contribution >= 4 is 5.78 Å². The van der Waals surface area contributed by atoms with Crippen molar-refractivity contribution in [3.63, 3.8) is 0 Å². The minimum atomic E-state index is -0.588. The molecule has 0 N–H and O–H groups in total. The molecule has 2 heterocycles. The summed E-state index contributed by atoms with van der Waals surface area (Å²) < 4.78 is 17.5. The largest absolute Gasteiger partial charge is 0.381 e. The maximum Gasteiger partial charge on any atom is 0.168 e. The van der Waals surface area contributed by atoms with Crippen molar-refractivity contribution in [2.45, 2.75) is 69.5 Å². The Morgan fingerprint density at radius 1 is 1.14 bits per heavy atom. The summed E-state index contributed by atoms with van der Waals surface area (Å²) in [7, 11) is 0. The lowest BCUT2D eigenvalue weighted by atomic mass is 9.75. The summed E-state index contributed by atoms with van der Waals surface area (Å²) in [6.45, 7) is 4.59. The highest BCUT2D eigenvalue weighted by Crippen LogP contribution is 2.44. The van der Waals surface area contributed by atoms with Crippen molar-refractivity contribution in [3.05, 3.63) is 0 Å². The van der Waals surface area contributed by atoms with Crippen LogP contribution >= 0.6 is 0 Å². The van der Waals surface area contributed by atoms with E-state index in [0.717, 1.165) is 32.3 Å². The van der Waals surface area contributed by atoms with E-state index in [9.17, 15) is 4.79 Å². The Labute approximate surface area is 127 Å². The van der Waals surface area contributed by atoms with Crippen molar-refractivity contribution in [2.75, 3.05) is 26.4 Å². The molecule has 1 saturated carbocycles. The first-order chi connectivity index (χ1) is 10.2. The standard InChI is InChI=1S/C17H28O4/c1-2-20-17(8-11-19-12-9-17)15(18)14-5-10-21-16(13-14)6-3-4-7-16/h14H,2-13H2,1H3. The molecule has 3 rings (SSSR count). The number of hydrogen-bond donors (Lipinski definition) is 0. The van der Waals surface area contributed by atoms with Gasteiger partial charge in [-0.1, -0.05) is 12.8 Å². The van der Waals surface area contributed by atoms with E-state index in [-0.39, 0.29) is 11.5 Å². The Morgan fingerprint density at radius 2 is 1.86 bits per heavy atom. The molecule has 0 aromatic carbocycles. The third-order valence-electron chi connectivity index (χ3n) is 5.55. The molecule has 0 aromatic heterocycles. The Hall–Kier alpha value is -0.450. The fourth-order valence-corrected chi connectivity index (χ4v) is 4.43. The molecule has 1 atom stereocenters. The lowest BCUT2D eigenvalue weighted by molar-refractivity contribution is -0.170. The number of Topliss-reactive ketones (excluding diaryl/α,β-unsaturated/α-hetero) is 1. The van der Waals surface area contributed by atoms with E-state index in [0.29, 0.717) is 38.4 Å². The highest BCUT2D eigenvalue weighted by atomic mass is 16.5. The van der Waals surface area contributed by atoms with Crippen molar-refractivity contribution in [2.24, 2.45) is 5.92 Å². The van der Waals surface area contributed by atoms with Gasteiger partial charge in [0.25, 0.3) is 0 Å². The molecular weight excluding hydrogens is 268 g/mol. The highest BCUT2D eigenvalue weighted by Gasteiger charge is 2.48. The first-order valence-electron chi connectivity index (χ1n) is 8.60. The molecule has 3 aliphatic rings. The zero-order valence-corrected chi connectivity index (χ0v) is 13.2. The predicted molar refractivity (Wildman–Crippen MR) is 79.3 cm³/mol. The summed E-state index contributed by atoms with van der Waals surface area (Å²) >= 11 is 0. The van der Waals surface area contributed by atoms with Gasteiger partial charge in [0.05, 0.1) is 5.60 Å². The van der Waals surface area contributed by atoms with Crippen LogP contribution in [0.3, 0.4) is 0 Å². The van der Waals surface area contributed by atoms with Crippen LogP contribution in [-0.4, -0.2) is 43.4 Å². The van der Waals surface area contributed by atoms with E-state index in [1.165, 1.54) is 12.8 Å². The number of rotatable bonds is 4. The number of carbonyl (C=O) groups is 1. The fourth-order valence-electron chi connectivity index (χ4n) is 4.43. The summed E-state index contributed by atoms with van der Waals surface area (Å²) in [5.74, 6) is 0.434. The maximum absolute atomic E-state index is 13.2. The minimum Gasteiger partial charge on any atom is -0.381 e. The van der Waals surface area contributed by atoms with E-state index in [1.807, 2.05) is 6.92 Å². The van der Waals surface area contributed by atoms with Gasteiger partial charge in [-0.3, -0.25) is 4.79 Å². The predicted octanol–water partition coefficient (Wildman–Crippen LogP) is 2.88. The maximum atomic E-state index is 13.2. The van der Waals surface area contributed by atoms with Crippen LogP contribution in [-0.2, 0) is 19.0 Å². The molecule has 1 spiro atoms. The highest BCUT2D eigenvalue weighted by molar-refractivity contribution is 5.89. The van der Waals surface area contributed by atoms with Crippen LogP contribution in [0.1, 0.15) is 58.3 Å². The monoisotopic (exact) mass is 296 g/mol. The van der Waals surface area contributed by atoms with Gasteiger partial charge >= 0.3 is 0 Å². The zero-order valence-electron chi connectivity index (χ0n) is 13.2. The molecule has 0 amide bonds. The van der Waals surface area contributed by atoms with Gasteiger partial charge in [0.2, 0.25) is 0 Å². The van der Waals surface area contributed by atoms with E-state index < -0.39 is 5.60 Å². The van der Waals surface area contributed by atoms with Gasteiger partial charge in [0, 0.05) is 45.2 Å².